The first kappa shape index (κ1) is 17.2. The molecule has 0 bridgehead atoms. The Morgan fingerprint density at radius 3 is 2.39 bits per heavy atom. The second-order valence-electron chi connectivity index (χ2n) is 6.20. The molecule has 0 spiro atoms. The Labute approximate surface area is 136 Å². The van der Waals surface area contributed by atoms with Crippen molar-refractivity contribution in [1.29, 1.82) is 0 Å². The summed E-state index contributed by atoms with van der Waals surface area (Å²) >= 11 is 0. The van der Waals surface area contributed by atoms with Crippen LogP contribution in [0.15, 0.2) is 43.0 Å². The van der Waals surface area contributed by atoms with Gasteiger partial charge in [-0.2, -0.15) is 0 Å². The predicted molar refractivity (Wildman–Crippen MR) is 89.4 cm³/mol. The molecule has 0 saturated carbocycles. The largest absolute Gasteiger partial charge is 0.351 e. The number of imidazole rings is 1. The molecule has 2 aromatic rings. The highest BCUT2D eigenvalue weighted by molar-refractivity contribution is 7.92. The van der Waals surface area contributed by atoms with E-state index >= 15 is 0 Å². The molecule has 0 radical (unpaired) electrons. The number of aromatic nitrogens is 2. The van der Waals surface area contributed by atoms with Gasteiger partial charge in [0.2, 0.25) is 0 Å². The van der Waals surface area contributed by atoms with Crippen LogP contribution < -0.4 is 5.32 Å². The number of amides is 1. The van der Waals surface area contributed by atoms with E-state index in [2.05, 4.69) is 10.3 Å². The third-order valence-electron chi connectivity index (χ3n) is 3.52. The van der Waals surface area contributed by atoms with Crippen molar-refractivity contribution in [2.75, 3.05) is 12.3 Å². The third kappa shape index (κ3) is 4.19. The monoisotopic (exact) mass is 335 g/mol. The minimum absolute atomic E-state index is 0.0740. The van der Waals surface area contributed by atoms with Crippen molar-refractivity contribution in [3.63, 3.8) is 0 Å². The van der Waals surface area contributed by atoms with Crippen LogP contribution in [-0.4, -0.2) is 40.9 Å². The first-order valence-corrected chi connectivity index (χ1v) is 8.95. The van der Waals surface area contributed by atoms with Gasteiger partial charge in [0.15, 0.2) is 9.84 Å². The fourth-order valence-corrected chi connectivity index (χ4v) is 2.89. The second-order valence-corrected chi connectivity index (χ2v) is 9.07. The first-order chi connectivity index (χ1) is 10.7. The van der Waals surface area contributed by atoms with Crippen molar-refractivity contribution in [2.24, 2.45) is 0 Å². The van der Waals surface area contributed by atoms with Gasteiger partial charge in [0, 0.05) is 30.2 Å². The van der Waals surface area contributed by atoms with Crippen LogP contribution in [0, 0.1) is 0 Å². The maximum absolute atomic E-state index is 12.1. The standard InChI is InChI=1S/C16H21N3O3S/c1-16(2,3)23(21,22)11-9-18-15(20)13-4-6-14(7-5-13)19-10-8-17-12-19/h4-8,10,12H,9,11H2,1-3H3,(H,18,20). The Morgan fingerprint density at radius 2 is 1.87 bits per heavy atom. The molecule has 1 aromatic carbocycles. The van der Waals surface area contributed by atoms with Crippen LogP contribution in [0.1, 0.15) is 31.1 Å². The normalized spacial score (nSPS) is 12.1. The lowest BCUT2D eigenvalue weighted by Crippen LogP contribution is -2.36. The van der Waals surface area contributed by atoms with Gasteiger partial charge in [0.05, 0.1) is 16.8 Å². The number of nitrogens with zero attached hydrogens (tertiary/aromatic N) is 2. The van der Waals surface area contributed by atoms with Gasteiger partial charge < -0.3 is 9.88 Å². The molecule has 2 rings (SSSR count). The van der Waals surface area contributed by atoms with Gasteiger partial charge in [-0.3, -0.25) is 4.79 Å². The topological polar surface area (TPSA) is 81.1 Å². The van der Waals surface area contributed by atoms with E-state index in [-0.39, 0.29) is 18.2 Å². The van der Waals surface area contributed by atoms with E-state index < -0.39 is 14.6 Å². The van der Waals surface area contributed by atoms with Crippen LogP contribution in [0.3, 0.4) is 0 Å². The summed E-state index contributed by atoms with van der Waals surface area (Å²) in [5, 5.41) is 2.64. The highest BCUT2D eigenvalue weighted by atomic mass is 32.2. The number of hydrogen-bond donors (Lipinski definition) is 1. The number of sulfone groups is 1. The highest BCUT2D eigenvalue weighted by Crippen LogP contribution is 2.15. The van der Waals surface area contributed by atoms with Crippen molar-refractivity contribution >= 4 is 15.7 Å². The van der Waals surface area contributed by atoms with E-state index in [1.807, 2.05) is 22.9 Å². The summed E-state index contributed by atoms with van der Waals surface area (Å²) < 4.78 is 25.0. The first-order valence-electron chi connectivity index (χ1n) is 7.29. The number of benzene rings is 1. The summed E-state index contributed by atoms with van der Waals surface area (Å²) in [6, 6.07) is 7.01. The molecule has 0 atom stereocenters. The lowest BCUT2D eigenvalue weighted by atomic mass is 10.2. The number of rotatable bonds is 5. The Morgan fingerprint density at radius 1 is 1.22 bits per heavy atom. The maximum atomic E-state index is 12.1. The molecular weight excluding hydrogens is 314 g/mol. The maximum Gasteiger partial charge on any atom is 0.251 e. The van der Waals surface area contributed by atoms with E-state index in [0.29, 0.717) is 5.56 Å². The fourth-order valence-electron chi connectivity index (χ4n) is 1.90. The number of hydrogen-bond acceptors (Lipinski definition) is 4. The molecule has 6 nitrogen and oxygen atoms in total. The van der Waals surface area contributed by atoms with Crippen LogP contribution >= 0.6 is 0 Å². The molecule has 1 amide bonds. The molecule has 0 aliphatic carbocycles. The average Bonchev–Trinajstić information content (AvgIpc) is 3.00. The van der Waals surface area contributed by atoms with E-state index in [9.17, 15) is 13.2 Å². The Bertz CT molecular complexity index is 758. The number of nitrogens with one attached hydrogen (secondary N) is 1. The van der Waals surface area contributed by atoms with Gasteiger partial charge in [-0.25, -0.2) is 13.4 Å². The molecule has 124 valence electrons. The lowest BCUT2D eigenvalue weighted by Gasteiger charge is -2.19. The molecule has 23 heavy (non-hydrogen) atoms. The van der Waals surface area contributed by atoms with Crippen LogP contribution in [0.5, 0.6) is 0 Å². The predicted octanol–water partition coefficient (Wildman–Crippen LogP) is 1.82. The highest BCUT2D eigenvalue weighted by Gasteiger charge is 2.28. The zero-order valence-electron chi connectivity index (χ0n) is 13.5. The van der Waals surface area contributed by atoms with E-state index in [1.54, 1.807) is 45.4 Å². The second kappa shape index (κ2) is 6.54. The number of carbonyl (C=O) groups excluding carboxylic acids is 1. The molecule has 1 heterocycles. The molecule has 0 aliphatic heterocycles. The zero-order chi connectivity index (χ0) is 17.1. The molecule has 0 unspecified atom stereocenters. The summed E-state index contributed by atoms with van der Waals surface area (Å²) in [5.74, 6) is -0.360. The van der Waals surface area contributed by atoms with Crippen LogP contribution in [-0.2, 0) is 9.84 Å². The zero-order valence-corrected chi connectivity index (χ0v) is 14.3. The number of carbonyl (C=O) groups is 1. The van der Waals surface area contributed by atoms with Gasteiger partial charge in [0.25, 0.3) is 5.91 Å². The van der Waals surface area contributed by atoms with Crippen molar-refractivity contribution in [3.05, 3.63) is 48.5 Å². The molecular formula is C16H21N3O3S. The van der Waals surface area contributed by atoms with Gasteiger partial charge >= 0.3 is 0 Å². The van der Waals surface area contributed by atoms with Crippen molar-refractivity contribution in [3.8, 4) is 5.69 Å². The van der Waals surface area contributed by atoms with Crippen molar-refractivity contribution in [1.82, 2.24) is 14.9 Å². The average molecular weight is 335 g/mol. The summed E-state index contributed by atoms with van der Waals surface area (Å²) in [5.41, 5.74) is 1.39. The fraction of sp³-hybridized carbons (Fsp3) is 0.375. The molecule has 7 heteroatoms. The summed E-state index contributed by atoms with van der Waals surface area (Å²) in [6.45, 7) is 5.05. The van der Waals surface area contributed by atoms with Crippen molar-refractivity contribution < 1.29 is 13.2 Å². The SMILES string of the molecule is CC(C)(C)S(=O)(=O)CCNC(=O)c1ccc(-n2ccnc2)cc1. The summed E-state index contributed by atoms with van der Waals surface area (Å²) in [6.07, 6.45) is 5.16. The van der Waals surface area contributed by atoms with Crippen molar-refractivity contribution in [2.45, 2.75) is 25.5 Å². The van der Waals surface area contributed by atoms with Gasteiger partial charge in [-0.1, -0.05) is 0 Å². The van der Waals surface area contributed by atoms with E-state index in [4.69, 9.17) is 0 Å². The minimum atomic E-state index is -3.24. The quantitative estimate of drug-likeness (QED) is 0.903. The smallest absolute Gasteiger partial charge is 0.251 e. The van der Waals surface area contributed by atoms with Gasteiger partial charge in [0.1, 0.15) is 0 Å². The molecule has 0 saturated heterocycles. The minimum Gasteiger partial charge on any atom is -0.351 e. The van der Waals surface area contributed by atoms with Gasteiger partial charge in [-0.15, -0.1) is 0 Å². The lowest BCUT2D eigenvalue weighted by molar-refractivity contribution is 0.0956. The molecule has 1 N–H and O–H groups in total. The van der Waals surface area contributed by atoms with Crippen LogP contribution in [0.25, 0.3) is 5.69 Å². The third-order valence-corrected chi connectivity index (χ3v) is 6.13. The van der Waals surface area contributed by atoms with E-state index in [0.717, 1.165) is 5.69 Å². The molecule has 1 aromatic heterocycles. The summed E-state index contributed by atoms with van der Waals surface area (Å²) in [7, 11) is -3.24. The summed E-state index contributed by atoms with van der Waals surface area (Å²) in [4.78, 5) is 16.0. The van der Waals surface area contributed by atoms with E-state index in [1.165, 1.54) is 0 Å². The van der Waals surface area contributed by atoms with Crippen LogP contribution in [0.4, 0.5) is 0 Å². The van der Waals surface area contributed by atoms with Gasteiger partial charge in [-0.05, 0) is 45.0 Å². The Kier molecular flexibility index (Phi) is 4.89. The Balaban J connectivity index is 1.94. The molecule has 0 aliphatic rings. The Hall–Kier alpha value is -2.15. The van der Waals surface area contributed by atoms with Crippen LogP contribution in [0.2, 0.25) is 0 Å². The molecule has 0 fully saturated rings.